The molecule has 6 heteroatoms. The monoisotopic (exact) mass is 324 g/mol. The van der Waals surface area contributed by atoms with Crippen LogP contribution in [0.4, 0.5) is 0 Å². The van der Waals surface area contributed by atoms with Gasteiger partial charge in [-0.3, -0.25) is 9.89 Å². The number of ether oxygens (including phenoxy) is 1. The van der Waals surface area contributed by atoms with Crippen LogP contribution in [0.25, 0.3) is 0 Å². The zero-order valence-corrected chi connectivity index (χ0v) is 14.0. The second kappa shape index (κ2) is 8.36. The fourth-order valence-corrected chi connectivity index (χ4v) is 2.66. The zero-order chi connectivity index (χ0) is 15.9. The SMILES string of the molecule is CC(C)NC(N)=NCC(c1ccc(Cl)cc1)N1CCOCC1. The molecule has 0 bridgehead atoms. The highest BCUT2D eigenvalue weighted by molar-refractivity contribution is 6.30. The summed E-state index contributed by atoms with van der Waals surface area (Å²) >= 11 is 6.00. The molecule has 1 aliphatic rings. The van der Waals surface area contributed by atoms with Crippen molar-refractivity contribution in [1.82, 2.24) is 10.2 Å². The average Bonchev–Trinajstić information content (AvgIpc) is 2.49. The Labute approximate surface area is 137 Å². The summed E-state index contributed by atoms with van der Waals surface area (Å²) in [5.74, 6) is 0.488. The maximum Gasteiger partial charge on any atom is 0.188 e. The predicted molar refractivity (Wildman–Crippen MR) is 91.3 cm³/mol. The number of aliphatic imine (C=N–C) groups is 1. The van der Waals surface area contributed by atoms with Crippen LogP contribution in [-0.2, 0) is 4.74 Å². The molecule has 1 aliphatic heterocycles. The van der Waals surface area contributed by atoms with Gasteiger partial charge in [0.1, 0.15) is 0 Å². The molecule has 1 heterocycles. The standard InChI is InChI=1S/C16H25ClN4O/c1-12(2)20-16(18)19-11-15(21-7-9-22-10-8-21)13-3-5-14(17)6-4-13/h3-6,12,15H,7-11H2,1-2H3,(H3,18,19,20). The molecule has 1 saturated heterocycles. The summed E-state index contributed by atoms with van der Waals surface area (Å²) < 4.78 is 5.45. The van der Waals surface area contributed by atoms with Crippen LogP contribution in [-0.4, -0.2) is 49.7 Å². The lowest BCUT2D eigenvalue weighted by Crippen LogP contribution is -2.41. The van der Waals surface area contributed by atoms with Crippen molar-refractivity contribution < 1.29 is 4.74 Å². The van der Waals surface area contributed by atoms with E-state index in [1.54, 1.807) is 0 Å². The average molecular weight is 325 g/mol. The molecule has 1 unspecified atom stereocenters. The first-order valence-corrected chi connectivity index (χ1v) is 8.08. The largest absolute Gasteiger partial charge is 0.379 e. The minimum absolute atomic E-state index is 0.189. The third-order valence-corrected chi connectivity index (χ3v) is 3.86. The Morgan fingerprint density at radius 1 is 1.32 bits per heavy atom. The van der Waals surface area contributed by atoms with E-state index in [-0.39, 0.29) is 12.1 Å². The molecule has 1 aromatic carbocycles. The minimum atomic E-state index is 0.189. The normalized spacial score (nSPS) is 18.5. The van der Waals surface area contributed by atoms with E-state index in [2.05, 4.69) is 27.3 Å². The summed E-state index contributed by atoms with van der Waals surface area (Å²) in [6.07, 6.45) is 0. The Bertz CT molecular complexity index is 483. The fraction of sp³-hybridized carbons (Fsp3) is 0.562. The van der Waals surface area contributed by atoms with Crippen molar-refractivity contribution in [2.75, 3.05) is 32.8 Å². The van der Waals surface area contributed by atoms with E-state index in [1.165, 1.54) is 5.56 Å². The minimum Gasteiger partial charge on any atom is -0.379 e. The van der Waals surface area contributed by atoms with Gasteiger partial charge in [0.2, 0.25) is 0 Å². The third-order valence-electron chi connectivity index (χ3n) is 3.61. The quantitative estimate of drug-likeness (QED) is 0.642. The highest BCUT2D eigenvalue weighted by Crippen LogP contribution is 2.23. The van der Waals surface area contributed by atoms with E-state index in [0.717, 1.165) is 31.3 Å². The van der Waals surface area contributed by atoms with E-state index >= 15 is 0 Å². The van der Waals surface area contributed by atoms with Crippen LogP contribution >= 0.6 is 11.6 Å². The Morgan fingerprint density at radius 3 is 2.55 bits per heavy atom. The lowest BCUT2D eigenvalue weighted by atomic mass is 10.0. The van der Waals surface area contributed by atoms with Crippen LogP contribution in [0.1, 0.15) is 25.5 Å². The highest BCUT2D eigenvalue weighted by Gasteiger charge is 2.22. The molecule has 0 spiro atoms. The number of rotatable bonds is 5. The van der Waals surface area contributed by atoms with Crippen molar-refractivity contribution in [2.24, 2.45) is 10.7 Å². The number of halogens is 1. The van der Waals surface area contributed by atoms with Gasteiger partial charge < -0.3 is 15.8 Å². The van der Waals surface area contributed by atoms with Gasteiger partial charge in [-0.25, -0.2) is 0 Å². The summed E-state index contributed by atoms with van der Waals surface area (Å²) in [6, 6.07) is 8.43. The van der Waals surface area contributed by atoms with Gasteiger partial charge in [-0.15, -0.1) is 0 Å². The number of hydrogen-bond donors (Lipinski definition) is 2. The maximum atomic E-state index is 6.00. The molecule has 1 fully saturated rings. The Balaban J connectivity index is 2.12. The van der Waals surface area contributed by atoms with Gasteiger partial charge >= 0.3 is 0 Å². The van der Waals surface area contributed by atoms with E-state index in [9.17, 15) is 0 Å². The van der Waals surface area contributed by atoms with Crippen molar-refractivity contribution in [2.45, 2.75) is 25.9 Å². The van der Waals surface area contributed by atoms with Crippen LogP contribution in [0.15, 0.2) is 29.3 Å². The molecular weight excluding hydrogens is 300 g/mol. The summed E-state index contributed by atoms with van der Waals surface area (Å²) in [5, 5.41) is 3.87. The molecule has 0 aromatic heterocycles. The molecule has 3 N–H and O–H groups in total. The molecule has 0 amide bonds. The maximum absolute atomic E-state index is 6.00. The summed E-state index contributed by atoms with van der Waals surface area (Å²) in [7, 11) is 0. The Kier molecular flexibility index (Phi) is 6.49. The van der Waals surface area contributed by atoms with Crippen molar-refractivity contribution in [3.63, 3.8) is 0 Å². The molecule has 0 radical (unpaired) electrons. The van der Waals surface area contributed by atoms with Crippen LogP contribution in [0.3, 0.4) is 0 Å². The van der Waals surface area contributed by atoms with Gasteiger partial charge in [-0.2, -0.15) is 0 Å². The number of nitrogens with one attached hydrogen (secondary N) is 1. The third kappa shape index (κ3) is 5.16. The fourth-order valence-electron chi connectivity index (χ4n) is 2.53. The summed E-state index contributed by atoms with van der Waals surface area (Å²) in [4.78, 5) is 6.89. The topological polar surface area (TPSA) is 62.9 Å². The second-order valence-corrected chi connectivity index (χ2v) is 6.18. The Hall–Kier alpha value is -1.30. The lowest BCUT2D eigenvalue weighted by molar-refractivity contribution is 0.0180. The van der Waals surface area contributed by atoms with Gasteiger partial charge in [0.15, 0.2) is 5.96 Å². The van der Waals surface area contributed by atoms with Gasteiger partial charge in [-0.1, -0.05) is 23.7 Å². The molecule has 22 heavy (non-hydrogen) atoms. The van der Waals surface area contributed by atoms with Crippen LogP contribution in [0, 0.1) is 0 Å². The number of guanidine groups is 1. The van der Waals surface area contributed by atoms with Crippen molar-refractivity contribution in [1.29, 1.82) is 0 Å². The number of nitrogens with zero attached hydrogens (tertiary/aromatic N) is 2. The van der Waals surface area contributed by atoms with Gasteiger partial charge in [0, 0.05) is 24.2 Å². The number of morpholine rings is 1. The van der Waals surface area contributed by atoms with E-state index in [0.29, 0.717) is 12.5 Å². The van der Waals surface area contributed by atoms with Crippen LogP contribution in [0.5, 0.6) is 0 Å². The van der Waals surface area contributed by atoms with Crippen LogP contribution < -0.4 is 11.1 Å². The molecule has 1 atom stereocenters. The van der Waals surface area contributed by atoms with Gasteiger partial charge in [-0.05, 0) is 31.5 Å². The second-order valence-electron chi connectivity index (χ2n) is 5.74. The first-order valence-electron chi connectivity index (χ1n) is 7.70. The first kappa shape index (κ1) is 17.1. The van der Waals surface area contributed by atoms with E-state index in [4.69, 9.17) is 22.1 Å². The van der Waals surface area contributed by atoms with Crippen molar-refractivity contribution in [3.05, 3.63) is 34.9 Å². The molecule has 0 saturated carbocycles. The van der Waals surface area contributed by atoms with E-state index in [1.807, 2.05) is 26.0 Å². The van der Waals surface area contributed by atoms with Gasteiger partial charge in [0.05, 0.1) is 25.8 Å². The van der Waals surface area contributed by atoms with Gasteiger partial charge in [0.25, 0.3) is 0 Å². The van der Waals surface area contributed by atoms with Crippen molar-refractivity contribution >= 4 is 17.6 Å². The number of benzene rings is 1. The first-order chi connectivity index (χ1) is 10.6. The van der Waals surface area contributed by atoms with Crippen LogP contribution in [0.2, 0.25) is 5.02 Å². The summed E-state index contributed by atoms with van der Waals surface area (Å²) in [6.45, 7) is 8.02. The summed E-state index contributed by atoms with van der Waals surface area (Å²) in [5.41, 5.74) is 7.13. The molecular formula is C16H25ClN4O. The molecule has 122 valence electrons. The Morgan fingerprint density at radius 2 is 1.95 bits per heavy atom. The molecule has 2 rings (SSSR count). The van der Waals surface area contributed by atoms with Crippen molar-refractivity contribution in [3.8, 4) is 0 Å². The molecule has 1 aromatic rings. The van der Waals surface area contributed by atoms with E-state index < -0.39 is 0 Å². The highest BCUT2D eigenvalue weighted by atomic mass is 35.5. The lowest BCUT2D eigenvalue weighted by Gasteiger charge is -2.34. The smallest absolute Gasteiger partial charge is 0.188 e. The zero-order valence-electron chi connectivity index (χ0n) is 13.3. The molecule has 0 aliphatic carbocycles. The molecule has 5 nitrogen and oxygen atoms in total. The number of nitrogens with two attached hydrogens (primary N) is 1. The predicted octanol–water partition coefficient (Wildman–Crippen LogP) is 2.03. The number of hydrogen-bond acceptors (Lipinski definition) is 3.